The Morgan fingerprint density at radius 2 is 1.68 bits per heavy atom. The number of carbonyl (C=O) groups excluding carboxylic acids is 1. The molecule has 22 heavy (non-hydrogen) atoms. The number of anilines is 1. The van der Waals surface area contributed by atoms with E-state index in [1.54, 1.807) is 12.1 Å². The van der Waals surface area contributed by atoms with Gasteiger partial charge in [-0.05, 0) is 48.2 Å². The van der Waals surface area contributed by atoms with Gasteiger partial charge in [0.1, 0.15) is 0 Å². The zero-order chi connectivity index (χ0) is 16.3. The van der Waals surface area contributed by atoms with E-state index in [0.717, 1.165) is 11.1 Å². The van der Waals surface area contributed by atoms with Gasteiger partial charge in [0.25, 0.3) is 0 Å². The van der Waals surface area contributed by atoms with Gasteiger partial charge in [-0.2, -0.15) is 0 Å². The second kappa shape index (κ2) is 7.17. The van der Waals surface area contributed by atoms with Crippen molar-refractivity contribution >= 4 is 34.8 Å². The van der Waals surface area contributed by atoms with Crippen LogP contribution in [0.1, 0.15) is 30.9 Å². The van der Waals surface area contributed by atoms with Crippen LogP contribution in [0.4, 0.5) is 5.69 Å². The first kappa shape index (κ1) is 16.9. The highest BCUT2D eigenvalue weighted by molar-refractivity contribution is 6.33. The molecule has 2 nitrogen and oxygen atoms in total. The van der Waals surface area contributed by atoms with Gasteiger partial charge in [-0.15, -0.1) is 0 Å². The summed E-state index contributed by atoms with van der Waals surface area (Å²) in [7, 11) is 0. The van der Waals surface area contributed by atoms with Crippen LogP contribution < -0.4 is 5.32 Å². The van der Waals surface area contributed by atoms with Gasteiger partial charge in [0, 0.05) is 5.02 Å². The van der Waals surface area contributed by atoms with Crippen LogP contribution in [0.5, 0.6) is 0 Å². The second-order valence-electron chi connectivity index (χ2n) is 5.75. The summed E-state index contributed by atoms with van der Waals surface area (Å²) in [4.78, 5) is 12.7. The van der Waals surface area contributed by atoms with Crippen LogP contribution in [0.2, 0.25) is 10.0 Å². The molecule has 2 aromatic rings. The Bertz CT molecular complexity index is 665. The normalized spacial score (nSPS) is 12.3. The van der Waals surface area contributed by atoms with Gasteiger partial charge in [-0.1, -0.05) is 55.2 Å². The van der Waals surface area contributed by atoms with Crippen LogP contribution in [-0.2, 0) is 4.79 Å². The smallest absolute Gasteiger partial charge is 0.232 e. The lowest BCUT2D eigenvalue weighted by Crippen LogP contribution is -2.25. The quantitative estimate of drug-likeness (QED) is 0.764. The fourth-order valence-electron chi connectivity index (χ4n) is 2.44. The van der Waals surface area contributed by atoms with Gasteiger partial charge in [0.15, 0.2) is 0 Å². The maximum atomic E-state index is 12.7. The number of halogens is 2. The first-order valence-corrected chi connectivity index (χ1v) is 7.96. The van der Waals surface area contributed by atoms with Crippen molar-refractivity contribution in [1.29, 1.82) is 0 Å². The third-order valence-corrected chi connectivity index (χ3v) is 4.13. The third kappa shape index (κ3) is 4.02. The predicted molar refractivity (Wildman–Crippen MR) is 93.8 cm³/mol. The van der Waals surface area contributed by atoms with Crippen LogP contribution >= 0.6 is 23.2 Å². The summed E-state index contributed by atoms with van der Waals surface area (Å²) in [5.74, 6) is -0.164. The van der Waals surface area contributed by atoms with Crippen LogP contribution in [0.25, 0.3) is 0 Å². The highest BCUT2D eigenvalue weighted by Crippen LogP contribution is 2.29. The minimum absolute atomic E-state index is 0.0666. The summed E-state index contributed by atoms with van der Waals surface area (Å²) in [6, 6.07) is 13.0. The van der Waals surface area contributed by atoms with E-state index >= 15 is 0 Å². The lowest BCUT2D eigenvalue weighted by atomic mass is 9.87. The Morgan fingerprint density at radius 3 is 2.23 bits per heavy atom. The van der Waals surface area contributed by atoms with E-state index in [1.807, 2.05) is 51.1 Å². The molecule has 0 aliphatic carbocycles. The molecule has 0 fully saturated rings. The number of nitrogens with one attached hydrogen (secondary N) is 1. The maximum Gasteiger partial charge on any atom is 0.232 e. The monoisotopic (exact) mass is 335 g/mol. The molecule has 1 amide bonds. The van der Waals surface area contributed by atoms with Crippen molar-refractivity contribution in [2.24, 2.45) is 5.92 Å². The summed E-state index contributed by atoms with van der Waals surface area (Å²) in [5.41, 5.74) is 2.64. The van der Waals surface area contributed by atoms with Crippen molar-refractivity contribution in [1.82, 2.24) is 0 Å². The fraction of sp³-hybridized carbons (Fsp3) is 0.278. The molecule has 0 bridgehead atoms. The van der Waals surface area contributed by atoms with Gasteiger partial charge in [0.05, 0.1) is 16.6 Å². The van der Waals surface area contributed by atoms with Crippen molar-refractivity contribution < 1.29 is 4.79 Å². The van der Waals surface area contributed by atoms with Crippen LogP contribution in [0.3, 0.4) is 0 Å². The Morgan fingerprint density at radius 1 is 1.05 bits per heavy atom. The van der Waals surface area contributed by atoms with E-state index in [1.165, 1.54) is 0 Å². The van der Waals surface area contributed by atoms with Crippen molar-refractivity contribution in [2.75, 3.05) is 5.32 Å². The van der Waals surface area contributed by atoms with Crippen molar-refractivity contribution in [3.8, 4) is 0 Å². The maximum absolute atomic E-state index is 12.7. The lowest BCUT2D eigenvalue weighted by molar-refractivity contribution is -0.118. The van der Waals surface area contributed by atoms with Gasteiger partial charge in [0.2, 0.25) is 5.91 Å². The molecule has 0 spiro atoms. The molecular formula is C18H19Cl2NO. The summed E-state index contributed by atoms with van der Waals surface area (Å²) >= 11 is 12.1. The molecule has 0 aliphatic heterocycles. The van der Waals surface area contributed by atoms with Gasteiger partial charge >= 0.3 is 0 Å². The number of amides is 1. The lowest BCUT2D eigenvalue weighted by Gasteiger charge is -2.21. The fourth-order valence-corrected chi connectivity index (χ4v) is 2.85. The number of hydrogen-bond acceptors (Lipinski definition) is 1. The van der Waals surface area contributed by atoms with E-state index in [4.69, 9.17) is 23.2 Å². The van der Waals surface area contributed by atoms with E-state index in [9.17, 15) is 4.79 Å². The highest BCUT2D eigenvalue weighted by Gasteiger charge is 2.24. The molecule has 1 N–H and O–H groups in total. The molecule has 0 saturated heterocycles. The molecule has 0 aromatic heterocycles. The molecule has 0 saturated carbocycles. The summed E-state index contributed by atoms with van der Waals surface area (Å²) in [6.45, 7) is 6.01. The summed E-state index contributed by atoms with van der Waals surface area (Å²) < 4.78 is 0. The summed E-state index contributed by atoms with van der Waals surface area (Å²) in [6.07, 6.45) is 0. The molecule has 0 heterocycles. The Labute approximate surface area is 141 Å². The molecule has 116 valence electrons. The molecule has 0 unspecified atom stereocenters. The second-order valence-corrected chi connectivity index (χ2v) is 6.59. The first-order valence-electron chi connectivity index (χ1n) is 7.21. The molecule has 1 atom stereocenters. The van der Waals surface area contributed by atoms with E-state index < -0.39 is 0 Å². The van der Waals surface area contributed by atoms with Gasteiger partial charge in [-0.3, -0.25) is 4.79 Å². The number of aryl methyl sites for hydroxylation is 1. The van der Waals surface area contributed by atoms with Crippen molar-refractivity contribution in [3.05, 3.63) is 63.6 Å². The molecular weight excluding hydrogens is 317 g/mol. The average molecular weight is 336 g/mol. The number of benzene rings is 2. The van der Waals surface area contributed by atoms with E-state index in [-0.39, 0.29) is 17.7 Å². The summed E-state index contributed by atoms with van der Waals surface area (Å²) in [5, 5.41) is 4.14. The minimum Gasteiger partial charge on any atom is -0.324 e. The van der Waals surface area contributed by atoms with Crippen LogP contribution in [-0.4, -0.2) is 5.91 Å². The highest BCUT2D eigenvalue weighted by atomic mass is 35.5. The minimum atomic E-state index is -0.255. The van der Waals surface area contributed by atoms with Crippen molar-refractivity contribution in [3.63, 3.8) is 0 Å². The Balaban J connectivity index is 2.25. The van der Waals surface area contributed by atoms with Crippen LogP contribution in [0, 0.1) is 12.8 Å². The zero-order valence-electron chi connectivity index (χ0n) is 12.9. The van der Waals surface area contributed by atoms with Crippen LogP contribution in [0.15, 0.2) is 42.5 Å². The molecule has 4 heteroatoms. The molecule has 2 rings (SSSR count). The number of rotatable bonds is 4. The van der Waals surface area contributed by atoms with Gasteiger partial charge in [-0.25, -0.2) is 0 Å². The van der Waals surface area contributed by atoms with Crippen molar-refractivity contribution in [2.45, 2.75) is 26.7 Å². The standard InChI is InChI=1S/C18H19Cl2NO/c1-11(2)17(13-5-7-14(19)8-6-13)18(22)21-16-9-4-12(3)10-15(16)20/h4-11,17H,1-3H3,(H,21,22)/t17-/m0/s1. The van der Waals surface area contributed by atoms with Gasteiger partial charge < -0.3 is 5.32 Å². The molecule has 0 aliphatic rings. The zero-order valence-corrected chi connectivity index (χ0v) is 14.4. The van der Waals surface area contributed by atoms with E-state index in [2.05, 4.69) is 5.32 Å². The topological polar surface area (TPSA) is 29.1 Å². The number of carbonyl (C=O) groups is 1. The first-order chi connectivity index (χ1) is 10.4. The average Bonchev–Trinajstić information content (AvgIpc) is 2.44. The third-order valence-electron chi connectivity index (χ3n) is 3.56. The Hall–Kier alpha value is -1.51. The predicted octanol–water partition coefficient (Wildman–Crippen LogP) is 5.68. The molecule has 2 aromatic carbocycles. The SMILES string of the molecule is Cc1ccc(NC(=O)[C@H](c2ccc(Cl)cc2)C(C)C)c(Cl)c1. The largest absolute Gasteiger partial charge is 0.324 e. The molecule has 0 radical (unpaired) electrons. The number of hydrogen-bond donors (Lipinski definition) is 1. The Kier molecular flexibility index (Phi) is 5.49. The van der Waals surface area contributed by atoms with E-state index in [0.29, 0.717) is 15.7 Å².